The number of nitrogens with zero attached hydrogens (tertiary/aromatic N) is 2. The summed E-state index contributed by atoms with van der Waals surface area (Å²) >= 11 is 0. The Kier molecular flexibility index (Phi) is 8.50. The monoisotopic (exact) mass is 540 g/mol. The van der Waals surface area contributed by atoms with Crippen LogP contribution in [0.2, 0.25) is 0 Å². The molecule has 1 heterocycles. The van der Waals surface area contributed by atoms with Crippen molar-refractivity contribution in [2.45, 2.75) is 88.9 Å². The van der Waals surface area contributed by atoms with Gasteiger partial charge in [-0.3, -0.25) is 9.69 Å². The van der Waals surface area contributed by atoms with Crippen LogP contribution in [0.4, 0.5) is 0 Å². The lowest BCUT2D eigenvalue weighted by atomic mass is 9.53. The largest absolute Gasteiger partial charge is 0.494 e. The van der Waals surface area contributed by atoms with Crippen LogP contribution in [-0.2, 0) is 19.3 Å². The molecule has 4 bridgehead atoms. The predicted molar refractivity (Wildman–Crippen MR) is 149 cm³/mol. The molecule has 0 aromatic heterocycles. The molecule has 0 N–H and O–H groups in total. The van der Waals surface area contributed by atoms with Crippen LogP contribution in [0.1, 0.15) is 82.6 Å². The summed E-state index contributed by atoms with van der Waals surface area (Å²) in [4.78, 5) is 28.3. The summed E-state index contributed by atoms with van der Waals surface area (Å²) in [7, 11) is 1.83. The third-order valence-electron chi connectivity index (χ3n) is 10.6. The highest BCUT2D eigenvalue weighted by Crippen LogP contribution is 2.60. The fourth-order valence-corrected chi connectivity index (χ4v) is 8.58. The minimum Gasteiger partial charge on any atom is -0.494 e. The van der Waals surface area contributed by atoms with Gasteiger partial charge in [0.05, 0.1) is 12.7 Å². The Balaban J connectivity index is 0.899. The quantitative estimate of drug-likeness (QED) is 0.172. The summed E-state index contributed by atoms with van der Waals surface area (Å²) < 4.78 is 12.1. The molecule has 0 unspecified atom stereocenters. The van der Waals surface area contributed by atoms with E-state index in [1.807, 2.05) is 12.0 Å². The van der Waals surface area contributed by atoms with Crippen molar-refractivity contribution in [3.05, 3.63) is 29.8 Å². The number of carbonyl (C=O) groups excluding carboxylic acids is 1. The normalized spacial score (nSPS) is 36.3. The number of methoxy groups -OCH3 is 1. The fourth-order valence-electron chi connectivity index (χ4n) is 8.58. The zero-order valence-electron chi connectivity index (χ0n) is 24.0. The number of piperazine rings is 1. The highest BCUT2D eigenvalue weighted by molar-refractivity contribution is 5.73. The summed E-state index contributed by atoms with van der Waals surface area (Å²) in [5.41, 5.74) is 1.40. The summed E-state index contributed by atoms with van der Waals surface area (Å²) in [6, 6.07) is 8.74. The number of ether oxygens (including phenoxy) is 2. The predicted octanol–water partition coefficient (Wildman–Crippen LogP) is 5.39. The third-order valence-corrected chi connectivity index (χ3v) is 10.6. The van der Waals surface area contributed by atoms with Gasteiger partial charge in [-0.15, -0.1) is 0 Å². The van der Waals surface area contributed by atoms with E-state index >= 15 is 0 Å². The Morgan fingerprint density at radius 3 is 2.13 bits per heavy atom. The van der Waals surface area contributed by atoms with Gasteiger partial charge in [-0.2, -0.15) is 0 Å². The van der Waals surface area contributed by atoms with E-state index in [-0.39, 0.29) is 12.0 Å². The number of hydrogen-bond acceptors (Lipinski definition) is 6. The van der Waals surface area contributed by atoms with E-state index in [4.69, 9.17) is 19.2 Å². The number of amides is 1. The maximum Gasteiger partial charge on any atom is 0.219 e. The first kappa shape index (κ1) is 27.5. The van der Waals surface area contributed by atoms with Gasteiger partial charge in [-0.25, -0.2) is 9.78 Å². The SMILES string of the molecule is COC1(OOC2CCC(c3ccc(OCCCN4CCN(C(C)=O)CC4)cc3)CC2)C2CC3CC(C2)CC1C3. The molecule has 0 spiro atoms. The van der Waals surface area contributed by atoms with E-state index in [0.717, 1.165) is 89.0 Å². The lowest BCUT2D eigenvalue weighted by molar-refractivity contribution is -0.485. The first-order valence-corrected chi connectivity index (χ1v) is 15.6. The molecule has 7 nitrogen and oxygen atoms in total. The molecule has 5 saturated carbocycles. The lowest BCUT2D eigenvalue weighted by Crippen LogP contribution is -2.60. The molecule has 216 valence electrons. The Morgan fingerprint density at radius 2 is 1.54 bits per heavy atom. The van der Waals surface area contributed by atoms with Crippen LogP contribution in [0, 0.1) is 23.7 Å². The van der Waals surface area contributed by atoms with Crippen molar-refractivity contribution in [2.75, 3.05) is 46.4 Å². The number of carbonyl (C=O) groups is 1. The van der Waals surface area contributed by atoms with Gasteiger partial charge in [0.1, 0.15) is 5.75 Å². The summed E-state index contributed by atoms with van der Waals surface area (Å²) in [5, 5.41) is 0. The minimum absolute atomic E-state index is 0.165. The second-order valence-electron chi connectivity index (χ2n) is 13.0. The van der Waals surface area contributed by atoms with Gasteiger partial charge in [0.15, 0.2) is 0 Å². The molecule has 1 aromatic rings. The highest BCUT2D eigenvalue weighted by Gasteiger charge is 2.60. The van der Waals surface area contributed by atoms with E-state index < -0.39 is 5.79 Å². The highest BCUT2D eigenvalue weighted by atomic mass is 17.2. The van der Waals surface area contributed by atoms with Crippen molar-refractivity contribution in [1.82, 2.24) is 9.80 Å². The van der Waals surface area contributed by atoms with Gasteiger partial charge in [0.2, 0.25) is 11.7 Å². The van der Waals surface area contributed by atoms with Crippen LogP contribution in [0.5, 0.6) is 5.75 Å². The summed E-state index contributed by atoms with van der Waals surface area (Å²) in [5.74, 6) is 3.96. The average Bonchev–Trinajstić information content (AvgIpc) is 2.96. The maximum atomic E-state index is 11.5. The molecule has 1 aliphatic heterocycles. The molecule has 6 fully saturated rings. The first-order chi connectivity index (χ1) is 19.0. The Morgan fingerprint density at radius 1 is 0.897 bits per heavy atom. The van der Waals surface area contributed by atoms with Crippen molar-refractivity contribution in [1.29, 1.82) is 0 Å². The van der Waals surface area contributed by atoms with Crippen LogP contribution in [0.25, 0.3) is 0 Å². The van der Waals surface area contributed by atoms with Crippen molar-refractivity contribution in [3.8, 4) is 5.75 Å². The molecule has 1 amide bonds. The van der Waals surface area contributed by atoms with Crippen molar-refractivity contribution in [2.24, 2.45) is 23.7 Å². The average molecular weight is 541 g/mol. The molecule has 7 rings (SSSR count). The van der Waals surface area contributed by atoms with Crippen LogP contribution < -0.4 is 4.74 Å². The zero-order chi connectivity index (χ0) is 26.8. The smallest absolute Gasteiger partial charge is 0.219 e. The molecular formula is C32H48N2O5. The van der Waals surface area contributed by atoms with Crippen LogP contribution in [-0.4, -0.2) is 74.0 Å². The van der Waals surface area contributed by atoms with Crippen molar-refractivity contribution < 1.29 is 24.0 Å². The first-order valence-electron chi connectivity index (χ1n) is 15.6. The van der Waals surface area contributed by atoms with E-state index in [0.29, 0.717) is 17.8 Å². The van der Waals surface area contributed by atoms with E-state index in [9.17, 15) is 4.79 Å². The Labute approximate surface area is 234 Å². The van der Waals surface area contributed by atoms with Crippen LogP contribution in [0.3, 0.4) is 0 Å². The second-order valence-corrected chi connectivity index (χ2v) is 13.0. The van der Waals surface area contributed by atoms with Gasteiger partial charge in [-0.05, 0) is 99.7 Å². The minimum atomic E-state index is -0.509. The molecule has 0 atom stereocenters. The van der Waals surface area contributed by atoms with Crippen molar-refractivity contribution >= 4 is 5.91 Å². The summed E-state index contributed by atoms with van der Waals surface area (Å²) in [6.45, 7) is 7.01. The van der Waals surface area contributed by atoms with Gasteiger partial charge >= 0.3 is 0 Å². The molecule has 6 aliphatic rings. The van der Waals surface area contributed by atoms with Crippen molar-refractivity contribution in [3.63, 3.8) is 0 Å². The molecule has 1 aromatic carbocycles. The number of rotatable bonds is 10. The van der Waals surface area contributed by atoms with Gasteiger partial charge in [0.25, 0.3) is 0 Å². The zero-order valence-corrected chi connectivity index (χ0v) is 24.0. The molecule has 5 aliphatic carbocycles. The Bertz CT molecular complexity index is 924. The fraction of sp³-hybridized carbons (Fsp3) is 0.781. The van der Waals surface area contributed by atoms with Crippen LogP contribution >= 0.6 is 0 Å². The van der Waals surface area contributed by atoms with Gasteiger partial charge < -0.3 is 14.4 Å². The molecule has 0 radical (unpaired) electrons. The molecular weight excluding hydrogens is 492 g/mol. The number of benzene rings is 1. The van der Waals surface area contributed by atoms with Gasteiger partial charge in [0, 0.05) is 58.6 Å². The third kappa shape index (κ3) is 6.02. The molecule has 39 heavy (non-hydrogen) atoms. The van der Waals surface area contributed by atoms with E-state index in [1.54, 1.807) is 6.92 Å². The summed E-state index contributed by atoms with van der Waals surface area (Å²) in [6.07, 6.45) is 11.9. The van der Waals surface area contributed by atoms with Crippen LogP contribution in [0.15, 0.2) is 24.3 Å². The van der Waals surface area contributed by atoms with Gasteiger partial charge in [-0.1, -0.05) is 12.1 Å². The second kappa shape index (κ2) is 12.1. The van der Waals surface area contributed by atoms with E-state index in [2.05, 4.69) is 29.2 Å². The number of hydrogen-bond donors (Lipinski definition) is 0. The topological polar surface area (TPSA) is 60.5 Å². The molecule has 1 saturated heterocycles. The lowest BCUT2D eigenvalue weighted by Gasteiger charge is -2.58. The standard InChI is InChI=1S/C32H48N2O5/c1-23(35)34-15-13-33(14-16-34)12-3-17-37-30-8-4-26(5-9-30)27-6-10-31(11-7-27)38-39-32(36-2)28-19-24-18-25(21-28)22-29(32)20-24/h4-5,8-9,24-25,27-29,31H,3,6-7,10-22H2,1-2H3. The molecule has 7 heteroatoms. The van der Waals surface area contributed by atoms with E-state index in [1.165, 1.54) is 37.7 Å². The Hall–Kier alpha value is -1.67. The maximum absolute atomic E-state index is 11.5.